The van der Waals surface area contributed by atoms with Gasteiger partial charge in [-0.3, -0.25) is 19.2 Å². The SMILES string of the molecule is CCNC(=O)C1CN(C(=O)c2cc(F)cc(NC(C)=O)c2)CCN1C(=O)c1ccc(O[C@H]2CCNC2)c(C2CCCCC2)c1. The highest BCUT2D eigenvalue weighted by Gasteiger charge is 2.38. The van der Waals surface area contributed by atoms with Crippen molar-refractivity contribution in [2.45, 2.75) is 70.4 Å². The summed E-state index contributed by atoms with van der Waals surface area (Å²) in [5, 5.41) is 8.64. The first-order valence-electron chi connectivity index (χ1n) is 15.7. The van der Waals surface area contributed by atoms with Crippen molar-refractivity contribution in [1.29, 1.82) is 0 Å². The predicted molar refractivity (Wildman–Crippen MR) is 164 cm³/mol. The second kappa shape index (κ2) is 14.2. The molecular formula is C33H42FN5O5. The molecule has 1 aliphatic carbocycles. The number of likely N-dealkylation sites (N-methyl/N-ethyl adjacent to an activating group) is 1. The number of carbonyl (C=O) groups excluding carboxylic acids is 4. The van der Waals surface area contributed by atoms with Gasteiger partial charge in [0.25, 0.3) is 11.8 Å². The van der Waals surface area contributed by atoms with Crippen molar-refractivity contribution in [2.75, 3.05) is 44.6 Å². The van der Waals surface area contributed by atoms with Crippen molar-refractivity contribution in [3.05, 3.63) is 58.9 Å². The summed E-state index contributed by atoms with van der Waals surface area (Å²) in [6.45, 7) is 5.42. The van der Waals surface area contributed by atoms with Crippen LogP contribution in [0.1, 0.15) is 84.6 Å². The van der Waals surface area contributed by atoms with Gasteiger partial charge in [0, 0.05) is 49.9 Å². The van der Waals surface area contributed by atoms with Crippen LogP contribution in [0.15, 0.2) is 36.4 Å². The van der Waals surface area contributed by atoms with Crippen LogP contribution in [0, 0.1) is 5.82 Å². The lowest BCUT2D eigenvalue weighted by Gasteiger charge is -2.40. The van der Waals surface area contributed by atoms with E-state index in [1.165, 1.54) is 29.2 Å². The molecule has 3 N–H and O–H groups in total. The molecule has 11 heteroatoms. The lowest BCUT2D eigenvalue weighted by Crippen LogP contribution is -2.61. The highest BCUT2D eigenvalue weighted by Crippen LogP contribution is 2.39. The Morgan fingerprint density at radius 2 is 1.77 bits per heavy atom. The van der Waals surface area contributed by atoms with E-state index >= 15 is 0 Å². The number of nitrogens with one attached hydrogen (secondary N) is 3. The van der Waals surface area contributed by atoms with Crippen LogP contribution >= 0.6 is 0 Å². The summed E-state index contributed by atoms with van der Waals surface area (Å²) in [5.41, 5.74) is 1.75. The summed E-state index contributed by atoms with van der Waals surface area (Å²) >= 11 is 0. The average molecular weight is 608 g/mol. The Morgan fingerprint density at radius 3 is 2.48 bits per heavy atom. The molecule has 2 aliphatic heterocycles. The second-order valence-electron chi connectivity index (χ2n) is 11.9. The van der Waals surface area contributed by atoms with E-state index in [0.717, 1.165) is 68.6 Å². The van der Waals surface area contributed by atoms with E-state index in [1.807, 2.05) is 12.1 Å². The number of piperazine rings is 1. The number of nitrogens with zero attached hydrogens (tertiary/aromatic N) is 2. The molecule has 3 fully saturated rings. The van der Waals surface area contributed by atoms with Crippen LogP contribution in [0.5, 0.6) is 5.75 Å². The maximum atomic E-state index is 14.3. The number of hydrogen-bond donors (Lipinski definition) is 3. The fourth-order valence-corrected chi connectivity index (χ4v) is 6.49. The number of benzene rings is 2. The van der Waals surface area contributed by atoms with Crippen molar-refractivity contribution < 1.29 is 28.3 Å². The minimum absolute atomic E-state index is 0.0479. The third-order valence-electron chi connectivity index (χ3n) is 8.66. The zero-order chi connectivity index (χ0) is 31.2. The van der Waals surface area contributed by atoms with Crippen molar-refractivity contribution in [1.82, 2.24) is 20.4 Å². The fourth-order valence-electron chi connectivity index (χ4n) is 6.49. The van der Waals surface area contributed by atoms with E-state index in [4.69, 9.17) is 4.74 Å². The number of amides is 4. The minimum atomic E-state index is -0.929. The van der Waals surface area contributed by atoms with Gasteiger partial charge in [0.2, 0.25) is 11.8 Å². The van der Waals surface area contributed by atoms with Gasteiger partial charge in [-0.25, -0.2) is 4.39 Å². The molecule has 0 bridgehead atoms. The van der Waals surface area contributed by atoms with Crippen molar-refractivity contribution >= 4 is 29.3 Å². The van der Waals surface area contributed by atoms with Crippen LogP contribution in [-0.2, 0) is 9.59 Å². The molecule has 2 saturated heterocycles. The number of carbonyl (C=O) groups is 4. The molecule has 5 rings (SSSR count). The van der Waals surface area contributed by atoms with Gasteiger partial charge in [0.05, 0.1) is 6.54 Å². The Labute approximate surface area is 257 Å². The van der Waals surface area contributed by atoms with Crippen molar-refractivity contribution in [2.24, 2.45) is 0 Å². The van der Waals surface area contributed by atoms with Gasteiger partial charge in [-0.05, 0) is 80.6 Å². The summed E-state index contributed by atoms with van der Waals surface area (Å²) < 4.78 is 20.7. The summed E-state index contributed by atoms with van der Waals surface area (Å²) in [4.78, 5) is 55.2. The molecule has 0 spiro atoms. The van der Waals surface area contributed by atoms with E-state index in [9.17, 15) is 23.6 Å². The first-order chi connectivity index (χ1) is 21.2. The quantitative estimate of drug-likeness (QED) is 0.421. The highest BCUT2D eigenvalue weighted by atomic mass is 19.1. The monoisotopic (exact) mass is 607 g/mol. The van der Waals surface area contributed by atoms with Crippen LogP contribution in [0.25, 0.3) is 0 Å². The number of anilines is 1. The van der Waals surface area contributed by atoms with Crippen molar-refractivity contribution in [3.63, 3.8) is 0 Å². The molecule has 2 aromatic rings. The van der Waals surface area contributed by atoms with E-state index in [-0.39, 0.29) is 54.7 Å². The van der Waals surface area contributed by atoms with Gasteiger partial charge in [-0.2, -0.15) is 0 Å². The largest absolute Gasteiger partial charge is 0.489 e. The number of hydrogen-bond acceptors (Lipinski definition) is 6. The molecule has 2 aromatic carbocycles. The van der Waals surface area contributed by atoms with Crippen LogP contribution in [0.3, 0.4) is 0 Å². The number of ether oxygens (including phenoxy) is 1. The molecule has 10 nitrogen and oxygen atoms in total. The predicted octanol–water partition coefficient (Wildman–Crippen LogP) is 3.68. The summed E-state index contributed by atoms with van der Waals surface area (Å²) in [5.74, 6) is -1.05. The van der Waals surface area contributed by atoms with Gasteiger partial charge in [0.1, 0.15) is 23.7 Å². The van der Waals surface area contributed by atoms with Crippen LogP contribution < -0.4 is 20.7 Å². The molecule has 2 heterocycles. The Kier molecular flexibility index (Phi) is 10.1. The molecule has 44 heavy (non-hydrogen) atoms. The zero-order valence-corrected chi connectivity index (χ0v) is 25.5. The van der Waals surface area contributed by atoms with E-state index in [2.05, 4.69) is 16.0 Å². The third-order valence-corrected chi connectivity index (χ3v) is 8.66. The van der Waals surface area contributed by atoms with Gasteiger partial charge in [-0.1, -0.05) is 19.3 Å². The van der Waals surface area contributed by atoms with E-state index in [1.54, 1.807) is 13.0 Å². The van der Waals surface area contributed by atoms with Gasteiger partial charge in [-0.15, -0.1) is 0 Å². The summed E-state index contributed by atoms with van der Waals surface area (Å²) in [6, 6.07) is 8.32. The Bertz CT molecular complexity index is 1390. The first-order valence-corrected chi connectivity index (χ1v) is 15.7. The smallest absolute Gasteiger partial charge is 0.254 e. The Hall–Kier alpha value is -3.99. The van der Waals surface area contributed by atoms with Gasteiger partial charge >= 0.3 is 0 Å². The Balaban J connectivity index is 1.39. The van der Waals surface area contributed by atoms with Crippen molar-refractivity contribution in [3.8, 4) is 5.75 Å². The van der Waals surface area contributed by atoms with Crippen LogP contribution in [-0.4, -0.2) is 84.8 Å². The maximum absolute atomic E-state index is 14.3. The standard InChI is InChI=1S/C33H42FN5O5/c1-3-36-31(41)29-20-38(32(42)24-15-25(34)18-26(16-24)37-21(2)40)13-14-39(29)33(43)23-9-10-30(44-27-11-12-35-19-27)28(17-23)22-7-5-4-6-8-22/h9-10,15-18,22,27,29,35H,3-8,11-14,19-20H2,1-2H3,(H,36,41)(H,37,40)/t27-,29?/m0/s1. The minimum Gasteiger partial charge on any atom is -0.489 e. The van der Waals surface area contributed by atoms with Gasteiger partial charge < -0.3 is 30.5 Å². The Morgan fingerprint density at radius 1 is 0.977 bits per heavy atom. The first kappa shape index (κ1) is 31.4. The van der Waals surface area contributed by atoms with Crippen LogP contribution in [0.4, 0.5) is 10.1 Å². The second-order valence-corrected chi connectivity index (χ2v) is 11.9. The van der Waals surface area contributed by atoms with E-state index in [0.29, 0.717) is 18.0 Å². The summed E-state index contributed by atoms with van der Waals surface area (Å²) in [7, 11) is 0. The average Bonchev–Trinajstić information content (AvgIpc) is 3.53. The topological polar surface area (TPSA) is 120 Å². The van der Waals surface area contributed by atoms with E-state index < -0.39 is 17.8 Å². The summed E-state index contributed by atoms with van der Waals surface area (Å²) in [6.07, 6.45) is 6.61. The molecule has 2 atom stereocenters. The number of rotatable bonds is 8. The molecule has 0 aromatic heterocycles. The molecule has 4 amide bonds. The maximum Gasteiger partial charge on any atom is 0.254 e. The molecule has 236 valence electrons. The molecular weight excluding hydrogens is 565 g/mol. The zero-order valence-electron chi connectivity index (χ0n) is 25.5. The lowest BCUT2D eigenvalue weighted by molar-refractivity contribution is -0.127. The lowest BCUT2D eigenvalue weighted by atomic mass is 9.83. The molecule has 3 aliphatic rings. The van der Waals surface area contributed by atoms with Crippen LogP contribution in [0.2, 0.25) is 0 Å². The molecule has 1 saturated carbocycles. The molecule has 0 radical (unpaired) electrons. The molecule has 1 unspecified atom stereocenters. The number of halogens is 1. The fraction of sp³-hybridized carbons (Fsp3) is 0.515. The normalized spacial score (nSPS) is 20.7. The highest BCUT2D eigenvalue weighted by molar-refractivity contribution is 6.00. The van der Waals surface area contributed by atoms with Gasteiger partial charge in [0.15, 0.2) is 0 Å². The third kappa shape index (κ3) is 7.38.